The molecule has 1 aromatic rings. The van der Waals surface area contributed by atoms with Gasteiger partial charge in [0.25, 0.3) is 11.0 Å². The lowest BCUT2D eigenvalue weighted by Crippen LogP contribution is -2.22. The number of ketones is 1. The molecule has 1 aromatic carbocycles. The molecule has 0 saturated carbocycles. The van der Waals surface area contributed by atoms with E-state index in [0.717, 1.165) is 0 Å². The summed E-state index contributed by atoms with van der Waals surface area (Å²) in [6.45, 7) is 1.49. The second-order valence-corrected chi connectivity index (χ2v) is 4.33. The van der Waals surface area contributed by atoms with E-state index in [4.69, 9.17) is 23.2 Å². The number of aliphatic hydroxyl groups is 1. The zero-order valence-corrected chi connectivity index (χ0v) is 11.9. The molecule has 0 fully saturated rings. The molecule has 0 spiro atoms. The van der Waals surface area contributed by atoms with Crippen LogP contribution in [0.3, 0.4) is 0 Å². The number of halogens is 2. The maximum Gasteiger partial charge on any atom is 0.346 e. The summed E-state index contributed by atoms with van der Waals surface area (Å²) in [5.41, 5.74) is -0.683. The quantitative estimate of drug-likeness (QED) is 0.172. The van der Waals surface area contributed by atoms with E-state index in [1.807, 2.05) is 0 Å². The van der Waals surface area contributed by atoms with Gasteiger partial charge in [-0.2, -0.15) is 0 Å². The van der Waals surface area contributed by atoms with Gasteiger partial charge < -0.3 is 9.84 Å². The molecule has 0 aromatic heterocycles. The van der Waals surface area contributed by atoms with Crippen molar-refractivity contribution in [1.29, 1.82) is 0 Å². The first-order chi connectivity index (χ1) is 9.38. The predicted octanol–water partition coefficient (Wildman–Crippen LogP) is 2.51. The number of esters is 1. The highest BCUT2D eigenvalue weighted by atomic mass is 35.5. The van der Waals surface area contributed by atoms with Crippen LogP contribution in [0.25, 0.3) is 5.76 Å². The third-order valence-electron chi connectivity index (χ3n) is 2.24. The fourth-order valence-corrected chi connectivity index (χ4v) is 1.57. The molecule has 106 valence electrons. The van der Waals surface area contributed by atoms with Gasteiger partial charge in [-0.05, 0) is 42.8 Å². The number of Topliss-reactive ketones (excluding diaryl/α,β-unsaturated/α-hetero) is 1. The van der Waals surface area contributed by atoms with Gasteiger partial charge in [0.1, 0.15) is 5.76 Å². The normalized spacial score (nSPS) is 11.6. The summed E-state index contributed by atoms with van der Waals surface area (Å²) in [5, 5.41) is 9.00. The summed E-state index contributed by atoms with van der Waals surface area (Å²) in [7, 11) is 0. The van der Waals surface area contributed by atoms with Crippen molar-refractivity contribution in [1.82, 2.24) is 0 Å². The van der Waals surface area contributed by atoms with E-state index in [1.54, 1.807) is 0 Å². The van der Waals surface area contributed by atoms with Crippen LogP contribution in [0.4, 0.5) is 0 Å². The van der Waals surface area contributed by atoms with Crippen LogP contribution in [-0.2, 0) is 19.1 Å². The molecule has 20 heavy (non-hydrogen) atoms. The summed E-state index contributed by atoms with van der Waals surface area (Å²) in [6.07, 6.45) is 0. The van der Waals surface area contributed by atoms with Crippen LogP contribution in [0.1, 0.15) is 12.5 Å². The van der Waals surface area contributed by atoms with Crippen molar-refractivity contribution in [3.63, 3.8) is 0 Å². The number of rotatable bonds is 5. The van der Waals surface area contributed by atoms with Gasteiger partial charge >= 0.3 is 5.97 Å². The first-order valence-electron chi connectivity index (χ1n) is 5.49. The molecule has 0 aliphatic carbocycles. The number of carbonyl (C=O) groups excluding carboxylic acids is 3. The molecule has 1 rings (SSSR count). The van der Waals surface area contributed by atoms with Crippen molar-refractivity contribution >= 4 is 46.0 Å². The van der Waals surface area contributed by atoms with Crippen LogP contribution >= 0.6 is 23.2 Å². The fraction of sp³-hybridized carbons (Fsp3) is 0.154. The number of benzene rings is 1. The van der Waals surface area contributed by atoms with Gasteiger partial charge in [-0.3, -0.25) is 9.59 Å². The maximum absolute atomic E-state index is 11.7. The van der Waals surface area contributed by atoms with Gasteiger partial charge in [-0.25, -0.2) is 4.79 Å². The molecule has 0 bridgehead atoms. The molecule has 0 unspecified atom stereocenters. The molecule has 0 aliphatic heterocycles. The van der Waals surface area contributed by atoms with Gasteiger partial charge in [0.15, 0.2) is 5.57 Å². The van der Waals surface area contributed by atoms with E-state index in [-0.39, 0.29) is 12.2 Å². The first-order valence-corrected chi connectivity index (χ1v) is 6.24. The van der Waals surface area contributed by atoms with Gasteiger partial charge in [0, 0.05) is 10.6 Å². The Morgan fingerprint density at radius 2 is 1.75 bits per heavy atom. The predicted molar refractivity (Wildman–Crippen MR) is 73.5 cm³/mol. The number of carbonyl (C=O) groups is 3. The highest BCUT2D eigenvalue weighted by Crippen LogP contribution is 2.20. The number of hydrogen-bond donors (Lipinski definition) is 1. The second-order valence-electron chi connectivity index (χ2n) is 3.55. The minimum absolute atomic E-state index is 0.0278. The Labute approximate surface area is 124 Å². The van der Waals surface area contributed by atoms with Crippen molar-refractivity contribution < 1.29 is 24.2 Å². The molecule has 0 amide bonds. The first kappa shape index (κ1) is 16.2. The molecule has 0 radical (unpaired) electrons. The lowest BCUT2D eigenvalue weighted by atomic mass is 10.1. The van der Waals surface area contributed by atoms with Crippen LogP contribution in [0.5, 0.6) is 0 Å². The Kier molecular flexibility index (Phi) is 5.73. The Morgan fingerprint density at radius 1 is 1.20 bits per heavy atom. The third kappa shape index (κ3) is 3.82. The van der Waals surface area contributed by atoms with Crippen molar-refractivity contribution in [2.24, 2.45) is 0 Å². The highest BCUT2D eigenvalue weighted by Gasteiger charge is 2.29. The fourth-order valence-electron chi connectivity index (χ4n) is 1.35. The van der Waals surface area contributed by atoms with E-state index in [1.165, 1.54) is 31.2 Å². The summed E-state index contributed by atoms with van der Waals surface area (Å²) in [5.74, 6) is -3.16. The lowest BCUT2D eigenvalue weighted by Gasteiger charge is -2.08. The number of aliphatic hydroxyl groups excluding tert-OH is 1. The van der Waals surface area contributed by atoms with Gasteiger partial charge in [0.2, 0.25) is 0 Å². The standard InChI is InChI=1S/C13H10Cl2O5/c1-2-20-13(19)9(11(17)12(15)18)10(16)7-3-5-8(14)6-4-7/h3-6,16H,2H2,1H3. The lowest BCUT2D eigenvalue weighted by molar-refractivity contribution is -0.141. The molecule has 1 N–H and O–H groups in total. The van der Waals surface area contributed by atoms with E-state index < -0.39 is 28.3 Å². The minimum Gasteiger partial charge on any atom is -0.506 e. The monoisotopic (exact) mass is 316 g/mol. The van der Waals surface area contributed by atoms with Crippen molar-refractivity contribution in [2.45, 2.75) is 6.92 Å². The van der Waals surface area contributed by atoms with Gasteiger partial charge in [-0.1, -0.05) is 11.6 Å². The van der Waals surface area contributed by atoms with Crippen LogP contribution < -0.4 is 0 Å². The summed E-state index contributed by atoms with van der Waals surface area (Å²) in [4.78, 5) is 34.2. The molecule has 5 nitrogen and oxygen atoms in total. The summed E-state index contributed by atoms with van der Waals surface area (Å²) < 4.78 is 4.63. The van der Waals surface area contributed by atoms with Crippen LogP contribution in [0.2, 0.25) is 5.02 Å². The van der Waals surface area contributed by atoms with E-state index in [2.05, 4.69) is 4.74 Å². The number of ether oxygens (including phenoxy) is 1. The zero-order valence-electron chi connectivity index (χ0n) is 10.4. The minimum atomic E-state index is -1.39. The molecule has 7 heteroatoms. The SMILES string of the molecule is CCOC(=O)C(C(=O)C(=O)Cl)=C(O)c1ccc(Cl)cc1. The Morgan fingerprint density at radius 3 is 2.20 bits per heavy atom. The Hall–Kier alpha value is -1.85. The maximum atomic E-state index is 11.7. The Bertz CT molecular complexity index is 575. The molecule has 0 aliphatic rings. The van der Waals surface area contributed by atoms with E-state index >= 15 is 0 Å². The third-order valence-corrected chi connectivity index (χ3v) is 2.66. The van der Waals surface area contributed by atoms with Crippen LogP contribution in [0.15, 0.2) is 29.8 Å². The summed E-state index contributed by atoms with van der Waals surface area (Å²) >= 11 is 10.8. The largest absolute Gasteiger partial charge is 0.506 e. The van der Waals surface area contributed by atoms with Crippen molar-refractivity contribution in [3.05, 3.63) is 40.4 Å². The highest BCUT2D eigenvalue weighted by molar-refractivity contribution is 6.84. The molecular weight excluding hydrogens is 307 g/mol. The average molecular weight is 317 g/mol. The second kappa shape index (κ2) is 7.07. The molecule has 0 heterocycles. The zero-order chi connectivity index (χ0) is 15.3. The van der Waals surface area contributed by atoms with E-state index in [9.17, 15) is 19.5 Å². The average Bonchev–Trinajstić information content (AvgIpc) is 2.39. The topological polar surface area (TPSA) is 80.7 Å². The molecule has 0 saturated heterocycles. The van der Waals surface area contributed by atoms with Crippen molar-refractivity contribution in [3.8, 4) is 0 Å². The smallest absolute Gasteiger partial charge is 0.346 e. The van der Waals surface area contributed by atoms with Crippen LogP contribution in [-0.4, -0.2) is 28.7 Å². The van der Waals surface area contributed by atoms with Gasteiger partial charge in [-0.15, -0.1) is 0 Å². The summed E-state index contributed by atoms with van der Waals surface area (Å²) in [6, 6.07) is 5.65. The van der Waals surface area contributed by atoms with Gasteiger partial charge in [0.05, 0.1) is 6.61 Å². The Balaban J connectivity index is 3.36. The molecule has 0 atom stereocenters. The number of hydrogen-bond acceptors (Lipinski definition) is 5. The van der Waals surface area contributed by atoms with Crippen molar-refractivity contribution in [2.75, 3.05) is 6.61 Å². The van der Waals surface area contributed by atoms with Crippen LogP contribution in [0, 0.1) is 0 Å². The molecular formula is C13H10Cl2O5. The van der Waals surface area contributed by atoms with E-state index in [0.29, 0.717) is 5.02 Å².